The van der Waals surface area contributed by atoms with Gasteiger partial charge in [-0.1, -0.05) is 40.9 Å². The first-order valence-electron chi connectivity index (χ1n) is 5.01. The maximum atomic E-state index is 11.8. The molecular weight excluding hydrogens is 356 g/mol. The van der Waals surface area contributed by atoms with Gasteiger partial charge in [0.25, 0.3) is 18.8 Å². The molecule has 0 fully saturated rings. The third kappa shape index (κ3) is 3.28. The van der Waals surface area contributed by atoms with Gasteiger partial charge in [-0.15, -0.1) is 0 Å². The van der Waals surface area contributed by atoms with E-state index < -0.39 is 18.8 Å². The molecule has 1 amide bonds. The molecule has 4 nitrogen and oxygen atoms in total. The number of carbonyl (C=O) groups is 1. The minimum absolute atomic E-state index is 0.0175. The zero-order chi connectivity index (χ0) is 14.4. The van der Waals surface area contributed by atoms with Crippen molar-refractivity contribution in [2.75, 3.05) is 0 Å². The monoisotopic (exact) mass is 361 g/mol. The van der Waals surface area contributed by atoms with Crippen molar-refractivity contribution in [3.05, 3.63) is 29.3 Å². The topological polar surface area (TPSA) is 54.5 Å². The summed E-state index contributed by atoms with van der Waals surface area (Å²) in [5.74, 6) is -0.649. The van der Waals surface area contributed by atoms with Gasteiger partial charge in [0.2, 0.25) is 0 Å². The van der Waals surface area contributed by atoms with E-state index in [4.69, 9.17) is 45.5 Å². The van der Waals surface area contributed by atoms with Crippen molar-refractivity contribution in [3.63, 3.8) is 0 Å². The summed E-state index contributed by atoms with van der Waals surface area (Å²) in [5, 5.41) is 0. The summed E-state index contributed by atoms with van der Waals surface area (Å²) in [6.45, 7) is 0.451. The fourth-order valence-electron chi connectivity index (χ4n) is 1.85. The van der Waals surface area contributed by atoms with Crippen LogP contribution in [0.5, 0.6) is 0 Å². The van der Waals surface area contributed by atoms with Crippen molar-refractivity contribution < 1.29 is 13.2 Å². The van der Waals surface area contributed by atoms with Gasteiger partial charge in [0.05, 0.1) is 4.90 Å². The molecule has 19 heavy (non-hydrogen) atoms. The molecule has 0 atom stereocenters. The number of alkyl halides is 3. The number of rotatable bonds is 1. The highest BCUT2D eigenvalue weighted by molar-refractivity contribution is 8.13. The van der Waals surface area contributed by atoms with Crippen LogP contribution >= 0.6 is 45.5 Å². The highest BCUT2D eigenvalue weighted by Gasteiger charge is 2.37. The molecular formula is C10H7Cl4NO3S. The van der Waals surface area contributed by atoms with Crippen LogP contribution in [0, 0.1) is 0 Å². The largest absolute Gasteiger partial charge is 0.330 e. The Morgan fingerprint density at radius 1 is 1.16 bits per heavy atom. The number of fused-ring (bicyclic) bond motifs is 1. The number of amides is 1. The lowest BCUT2D eigenvalue weighted by atomic mass is 10.1. The van der Waals surface area contributed by atoms with Crippen molar-refractivity contribution in [1.29, 1.82) is 0 Å². The van der Waals surface area contributed by atoms with Crippen LogP contribution in [-0.4, -0.2) is 23.0 Å². The third-order valence-corrected chi connectivity index (χ3v) is 4.55. The normalized spacial score (nSPS) is 15.5. The Bertz CT molecular complexity index is 639. The molecule has 0 radical (unpaired) electrons. The molecule has 9 heteroatoms. The highest BCUT2D eigenvalue weighted by atomic mass is 35.7. The number of hydrogen-bond donors (Lipinski definition) is 0. The second-order valence-corrected chi connectivity index (χ2v) is 8.87. The maximum absolute atomic E-state index is 11.8. The minimum atomic E-state index is -3.80. The van der Waals surface area contributed by atoms with E-state index in [2.05, 4.69) is 0 Å². The summed E-state index contributed by atoms with van der Waals surface area (Å²) < 4.78 is 20.4. The van der Waals surface area contributed by atoms with Gasteiger partial charge >= 0.3 is 0 Å². The molecule has 1 aliphatic rings. The van der Waals surface area contributed by atoms with Gasteiger partial charge in [0.15, 0.2) is 0 Å². The van der Waals surface area contributed by atoms with Crippen LogP contribution < -0.4 is 0 Å². The second kappa shape index (κ2) is 4.97. The molecule has 0 N–H and O–H groups in total. The molecule has 0 aromatic heterocycles. The fraction of sp³-hybridized carbons (Fsp3) is 0.300. The predicted octanol–water partition coefficient (Wildman–Crippen LogP) is 2.83. The van der Waals surface area contributed by atoms with Crippen LogP contribution in [0.1, 0.15) is 11.1 Å². The van der Waals surface area contributed by atoms with Crippen LogP contribution in [0.25, 0.3) is 0 Å². The van der Waals surface area contributed by atoms with Gasteiger partial charge in [0, 0.05) is 23.8 Å². The number of hydrogen-bond acceptors (Lipinski definition) is 3. The van der Waals surface area contributed by atoms with E-state index in [0.717, 1.165) is 5.56 Å². The first-order chi connectivity index (χ1) is 8.59. The van der Waals surface area contributed by atoms with Crippen LogP contribution in [0.3, 0.4) is 0 Å². The van der Waals surface area contributed by atoms with E-state index in [-0.39, 0.29) is 18.0 Å². The Labute approximate surface area is 129 Å². The third-order valence-electron chi connectivity index (χ3n) is 2.71. The van der Waals surface area contributed by atoms with Crippen molar-refractivity contribution in [1.82, 2.24) is 4.90 Å². The average Bonchev–Trinajstić information content (AvgIpc) is 2.67. The number of nitrogens with zero attached hydrogens (tertiary/aromatic N) is 1. The van der Waals surface area contributed by atoms with E-state index in [0.29, 0.717) is 5.56 Å². The van der Waals surface area contributed by atoms with Crippen LogP contribution in [0.2, 0.25) is 0 Å². The summed E-state index contributed by atoms with van der Waals surface area (Å²) in [6, 6.07) is 4.39. The van der Waals surface area contributed by atoms with Gasteiger partial charge in [-0.2, -0.15) is 0 Å². The molecule has 0 saturated heterocycles. The maximum Gasteiger partial charge on any atom is 0.275 e. The van der Waals surface area contributed by atoms with E-state index >= 15 is 0 Å². The number of carbonyl (C=O) groups excluding carboxylic acids is 1. The SMILES string of the molecule is O=C(N1Cc2ccc(S(=O)(=O)Cl)cc2C1)C(Cl)(Cl)Cl. The van der Waals surface area contributed by atoms with Gasteiger partial charge in [-0.3, -0.25) is 4.79 Å². The fourth-order valence-corrected chi connectivity index (χ4v) is 3.01. The molecule has 104 valence electrons. The molecule has 1 aromatic rings. The first-order valence-corrected chi connectivity index (χ1v) is 8.46. The lowest BCUT2D eigenvalue weighted by molar-refractivity contribution is -0.130. The van der Waals surface area contributed by atoms with Crippen molar-refractivity contribution in [3.8, 4) is 0 Å². The Balaban J connectivity index is 2.29. The summed E-state index contributed by atoms with van der Waals surface area (Å²) >= 11 is 16.6. The Morgan fingerprint density at radius 2 is 1.74 bits per heavy atom. The Hall–Kier alpha value is -0.200. The highest BCUT2D eigenvalue weighted by Crippen LogP contribution is 2.33. The molecule has 1 aliphatic heterocycles. The second-order valence-electron chi connectivity index (χ2n) is 4.03. The zero-order valence-corrected chi connectivity index (χ0v) is 13.1. The molecule has 1 aromatic carbocycles. The van der Waals surface area contributed by atoms with Crippen molar-refractivity contribution >= 4 is 60.4 Å². The first kappa shape index (κ1) is 15.2. The standard InChI is InChI=1S/C10H7Cl4NO3S/c11-10(12,13)9(16)15-4-6-1-2-8(19(14,17)18)3-7(6)5-15/h1-3H,4-5H2. The van der Waals surface area contributed by atoms with E-state index in [1.54, 1.807) is 6.07 Å². The number of halogens is 4. The Kier molecular flexibility index (Phi) is 3.97. The van der Waals surface area contributed by atoms with Crippen molar-refractivity contribution in [2.45, 2.75) is 21.8 Å². The minimum Gasteiger partial charge on any atom is -0.330 e. The summed E-state index contributed by atoms with van der Waals surface area (Å²) in [6.07, 6.45) is 0. The average molecular weight is 363 g/mol. The molecule has 1 heterocycles. The van der Waals surface area contributed by atoms with E-state index in [1.807, 2.05) is 0 Å². The molecule has 0 unspecified atom stereocenters. The van der Waals surface area contributed by atoms with Crippen LogP contribution in [0.4, 0.5) is 0 Å². The molecule has 2 rings (SSSR count). The van der Waals surface area contributed by atoms with Crippen molar-refractivity contribution in [2.24, 2.45) is 0 Å². The van der Waals surface area contributed by atoms with E-state index in [9.17, 15) is 13.2 Å². The number of benzene rings is 1. The van der Waals surface area contributed by atoms with E-state index in [1.165, 1.54) is 17.0 Å². The molecule has 0 aliphatic carbocycles. The summed E-state index contributed by atoms with van der Waals surface area (Å²) in [4.78, 5) is 13.1. The Morgan fingerprint density at radius 3 is 2.26 bits per heavy atom. The summed E-state index contributed by atoms with van der Waals surface area (Å²) in [5.41, 5.74) is 1.47. The smallest absolute Gasteiger partial charge is 0.275 e. The zero-order valence-electron chi connectivity index (χ0n) is 9.24. The quantitative estimate of drug-likeness (QED) is 0.570. The molecule has 0 bridgehead atoms. The van der Waals surface area contributed by atoms with Crippen LogP contribution in [-0.2, 0) is 26.9 Å². The predicted molar refractivity (Wildman–Crippen MR) is 74.0 cm³/mol. The lowest BCUT2D eigenvalue weighted by Crippen LogP contribution is -2.35. The summed E-state index contributed by atoms with van der Waals surface area (Å²) in [7, 11) is 1.46. The van der Waals surface area contributed by atoms with Gasteiger partial charge in [0.1, 0.15) is 0 Å². The van der Waals surface area contributed by atoms with Crippen LogP contribution in [0.15, 0.2) is 23.1 Å². The lowest BCUT2D eigenvalue weighted by Gasteiger charge is -2.19. The van der Waals surface area contributed by atoms with Gasteiger partial charge < -0.3 is 4.90 Å². The van der Waals surface area contributed by atoms with Gasteiger partial charge in [-0.25, -0.2) is 8.42 Å². The molecule has 0 spiro atoms. The molecule has 0 saturated carbocycles. The van der Waals surface area contributed by atoms with Gasteiger partial charge in [-0.05, 0) is 23.3 Å².